The summed E-state index contributed by atoms with van der Waals surface area (Å²) in [5.74, 6) is 0.470. The van der Waals surface area contributed by atoms with Crippen molar-refractivity contribution < 1.29 is 9.90 Å². The number of carboxylic acid groups (broad SMARTS) is 1. The molecule has 1 aliphatic rings. The minimum atomic E-state index is -0.876. The quantitative estimate of drug-likeness (QED) is 0.888. The third-order valence-electron chi connectivity index (χ3n) is 4.22. The summed E-state index contributed by atoms with van der Waals surface area (Å²) >= 11 is 0. The first-order valence-electron chi connectivity index (χ1n) is 7.40. The fourth-order valence-corrected chi connectivity index (χ4v) is 3.21. The number of amides is 1. The van der Waals surface area contributed by atoms with E-state index in [1.54, 1.807) is 6.20 Å². The highest BCUT2D eigenvalue weighted by molar-refractivity contribution is 5.86. The Labute approximate surface area is 128 Å². The van der Waals surface area contributed by atoms with E-state index < -0.39 is 11.6 Å². The Morgan fingerprint density at radius 1 is 1.45 bits per heavy atom. The Morgan fingerprint density at radius 2 is 2.14 bits per heavy atom. The zero-order valence-corrected chi connectivity index (χ0v) is 13.0. The number of hydrogen-bond donors (Lipinski definition) is 2. The first kappa shape index (κ1) is 14.6. The highest BCUT2D eigenvalue weighted by Crippen LogP contribution is 2.40. The smallest absolute Gasteiger partial charge is 0.407 e. The second kappa shape index (κ2) is 4.86. The molecule has 0 aliphatic heterocycles. The largest absolute Gasteiger partial charge is 0.465 e. The number of aromatic nitrogens is 3. The van der Waals surface area contributed by atoms with Crippen molar-refractivity contribution in [2.24, 2.45) is 0 Å². The molecule has 1 saturated carbocycles. The van der Waals surface area contributed by atoms with Gasteiger partial charge in [-0.15, -0.1) is 0 Å². The molecule has 1 fully saturated rings. The van der Waals surface area contributed by atoms with Crippen LogP contribution in [0.3, 0.4) is 0 Å². The maximum Gasteiger partial charge on any atom is 0.407 e. The van der Waals surface area contributed by atoms with Crippen LogP contribution in [-0.4, -0.2) is 42.4 Å². The van der Waals surface area contributed by atoms with E-state index >= 15 is 0 Å². The fraction of sp³-hybridized carbons (Fsp3) is 0.533. The molecule has 2 aromatic heterocycles. The number of hydrogen-bond acceptors (Lipinski definition) is 4. The molecule has 3 rings (SSSR count). The van der Waals surface area contributed by atoms with E-state index in [0.717, 1.165) is 23.9 Å². The summed E-state index contributed by atoms with van der Waals surface area (Å²) in [5.41, 5.74) is 6.28. The van der Waals surface area contributed by atoms with E-state index in [2.05, 4.69) is 10.1 Å². The molecular weight excluding hydrogens is 282 g/mol. The van der Waals surface area contributed by atoms with Crippen LogP contribution in [0.4, 0.5) is 10.6 Å². The van der Waals surface area contributed by atoms with Crippen molar-refractivity contribution in [1.29, 1.82) is 0 Å². The van der Waals surface area contributed by atoms with Crippen LogP contribution < -0.4 is 5.73 Å². The first-order valence-corrected chi connectivity index (χ1v) is 7.40. The number of nitrogen functional groups attached to an aromatic ring is 1. The predicted octanol–water partition coefficient (Wildman–Crippen LogP) is 2.50. The van der Waals surface area contributed by atoms with Crippen LogP contribution in [0, 0.1) is 0 Å². The molecule has 0 bridgehead atoms. The van der Waals surface area contributed by atoms with Gasteiger partial charge in [-0.1, -0.05) is 0 Å². The molecule has 1 amide bonds. The van der Waals surface area contributed by atoms with Crippen molar-refractivity contribution in [3.05, 3.63) is 18.3 Å². The molecule has 0 aromatic carbocycles. The Hall–Kier alpha value is -2.31. The number of anilines is 1. The average Bonchev–Trinajstić information content (AvgIpc) is 2.69. The number of nitrogens with zero attached hydrogens (tertiary/aromatic N) is 4. The van der Waals surface area contributed by atoms with Crippen molar-refractivity contribution in [3.8, 4) is 0 Å². The Balaban J connectivity index is 1.82. The highest BCUT2D eigenvalue weighted by atomic mass is 16.4. The Kier molecular flexibility index (Phi) is 3.23. The molecular formula is C15H21N5O2. The topological polar surface area (TPSA) is 97.3 Å². The van der Waals surface area contributed by atoms with Gasteiger partial charge in [-0.2, -0.15) is 5.10 Å². The van der Waals surface area contributed by atoms with Crippen LogP contribution in [-0.2, 0) is 0 Å². The SMILES string of the molecule is CC(C)(C)N(C(=O)O)C1CC(n2nc(N)c3cccnc32)C1. The second-order valence-corrected chi connectivity index (χ2v) is 6.81. The van der Waals surface area contributed by atoms with Gasteiger partial charge in [-0.05, 0) is 45.7 Å². The Morgan fingerprint density at radius 3 is 2.73 bits per heavy atom. The van der Waals surface area contributed by atoms with E-state index in [0.29, 0.717) is 5.82 Å². The van der Waals surface area contributed by atoms with Crippen LogP contribution in [0.15, 0.2) is 18.3 Å². The summed E-state index contributed by atoms with van der Waals surface area (Å²) in [6, 6.07) is 3.88. The minimum absolute atomic E-state index is 0.00619. The maximum absolute atomic E-state index is 11.5. The normalized spacial score (nSPS) is 21.6. The van der Waals surface area contributed by atoms with Gasteiger partial charge in [0.2, 0.25) is 0 Å². The van der Waals surface area contributed by atoms with Crippen LogP contribution >= 0.6 is 0 Å². The summed E-state index contributed by atoms with van der Waals surface area (Å²) in [4.78, 5) is 17.4. The lowest BCUT2D eigenvalue weighted by atomic mass is 9.83. The molecule has 0 radical (unpaired) electrons. The molecule has 0 spiro atoms. The molecule has 3 N–H and O–H groups in total. The van der Waals surface area contributed by atoms with Crippen LogP contribution in [0.5, 0.6) is 0 Å². The van der Waals surface area contributed by atoms with Crippen molar-refractivity contribution in [2.75, 3.05) is 5.73 Å². The van der Waals surface area contributed by atoms with Crippen molar-refractivity contribution in [3.63, 3.8) is 0 Å². The lowest BCUT2D eigenvalue weighted by Crippen LogP contribution is -2.56. The number of nitrogens with two attached hydrogens (primary N) is 1. The molecule has 2 heterocycles. The molecule has 2 aromatic rings. The summed E-state index contributed by atoms with van der Waals surface area (Å²) in [5, 5.41) is 14.7. The molecule has 7 nitrogen and oxygen atoms in total. The van der Waals surface area contributed by atoms with E-state index in [9.17, 15) is 9.90 Å². The van der Waals surface area contributed by atoms with Gasteiger partial charge in [-0.3, -0.25) is 0 Å². The summed E-state index contributed by atoms with van der Waals surface area (Å²) < 4.78 is 1.84. The van der Waals surface area contributed by atoms with E-state index in [1.807, 2.05) is 37.6 Å². The zero-order chi connectivity index (χ0) is 16.1. The number of carbonyl (C=O) groups is 1. The number of rotatable bonds is 2. The minimum Gasteiger partial charge on any atom is -0.465 e. The van der Waals surface area contributed by atoms with Crippen LogP contribution in [0.1, 0.15) is 39.7 Å². The van der Waals surface area contributed by atoms with Gasteiger partial charge < -0.3 is 15.7 Å². The van der Waals surface area contributed by atoms with Gasteiger partial charge in [-0.25, -0.2) is 14.5 Å². The molecule has 0 unspecified atom stereocenters. The lowest BCUT2D eigenvalue weighted by Gasteiger charge is -2.47. The molecule has 0 saturated heterocycles. The van der Waals surface area contributed by atoms with E-state index in [1.165, 1.54) is 4.90 Å². The fourth-order valence-electron chi connectivity index (χ4n) is 3.21. The van der Waals surface area contributed by atoms with Gasteiger partial charge >= 0.3 is 6.09 Å². The van der Waals surface area contributed by atoms with Gasteiger partial charge in [0.15, 0.2) is 11.5 Å². The lowest BCUT2D eigenvalue weighted by molar-refractivity contribution is 0.0202. The molecule has 7 heteroatoms. The van der Waals surface area contributed by atoms with Gasteiger partial charge in [0.1, 0.15) is 0 Å². The average molecular weight is 303 g/mol. The third-order valence-corrected chi connectivity index (χ3v) is 4.22. The number of pyridine rings is 1. The third kappa shape index (κ3) is 2.26. The zero-order valence-electron chi connectivity index (χ0n) is 13.0. The summed E-state index contributed by atoms with van der Waals surface area (Å²) in [6.45, 7) is 5.74. The van der Waals surface area contributed by atoms with Crippen molar-refractivity contribution >= 4 is 22.9 Å². The van der Waals surface area contributed by atoms with Crippen LogP contribution in [0.2, 0.25) is 0 Å². The molecule has 22 heavy (non-hydrogen) atoms. The summed E-state index contributed by atoms with van der Waals surface area (Å²) in [7, 11) is 0. The van der Waals surface area contributed by atoms with Crippen molar-refractivity contribution in [2.45, 2.75) is 51.2 Å². The standard InChI is InChI=1S/C15H21N5O2/c1-15(2,3)19(14(21)22)9-7-10(8-9)20-13-11(12(16)18-20)5-4-6-17-13/h4-6,9-10H,7-8H2,1-3H3,(H2,16,18)(H,21,22). The molecule has 0 atom stereocenters. The summed E-state index contributed by atoms with van der Waals surface area (Å²) in [6.07, 6.45) is 2.31. The first-order chi connectivity index (χ1) is 10.3. The highest BCUT2D eigenvalue weighted by Gasteiger charge is 2.42. The van der Waals surface area contributed by atoms with Crippen molar-refractivity contribution in [1.82, 2.24) is 19.7 Å². The second-order valence-electron chi connectivity index (χ2n) is 6.81. The Bertz CT molecular complexity index is 712. The monoisotopic (exact) mass is 303 g/mol. The molecule has 1 aliphatic carbocycles. The van der Waals surface area contributed by atoms with Gasteiger partial charge in [0, 0.05) is 17.8 Å². The van der Waals surface area contributed by atoms with Gasteiger partial charge in [0.05, 0.1) is 11.4 Å². The maximum atomic E-state index is 11.5. The van der Waals surface area contributed by atoms with Gasteiger partial charge in [0.25, 0.3) is 0 Å². The van der Waals surface area contributed by atoms with E-state index in [-0.39, 0.29) is 12.1 Å². The molecule has 118 valence electrons. The number of fused-ring (bicyclic) bond motifs is 1. The predicted molar refractivity (Wildman–Crippen MR) is 83.6 cm³/mol. The van der Waals surface area contributed by atoms with E-state index in [4.69, 9.17) is 5.73 Å². The van der Waals surface area contributed by atoms with Crippen LogP contribution in [0.25, 0.3) is 11.0 Å².